The van der Waals surface area contributed by atoms with Crippen molar-refractivity contribution in [2.45, 2.75) is 6.54 Å². The first-order valence-electron chi connectivity index (χ1n) is 4.68. The molecule has 2 heterocycles. The number of hydrogen-bond donors (Lipinski definition) is 0. The van der Waals surface area contributed by atoms with Crippen LogP contribution in [0.2, 0.25) is 4.47 Å². The van der Waals surface area contributed by atoms with Gasteiger partial charge in [0.25, 0.3) is 0 Å². The van der Waals surface area contributed by atoms with E-state index < -0.39 is 0 Å². The van der Waals surface area contributed by atoms with Crippen molar-refractivity contribution >= 4 is 28.8 Å². The summed E-state index contributed by atoms with van der Waals surface area (Å²) in [6.07, 6.45) is 3.53. The Balaban J connectivity index is 2.07. The van der Waals surface area contributed by atoms with Crippen LogP contribution in [0.3, 0.4) is 0 Å². The fourth-order valence-electron chi connectivity index (χ4n) is 1.43. The van der Waals surface area contributed by atoms with Crippen molar-refractivity contribution in [3.05, 3.63) is 15.5 Å². The Morgan fingerprint density at radius 1 is 1.75 bits per heavy atom. The van der Waals surface area contributed by atoms with E-state index in [1.807, 2.05) is 4.90 Å². The minimum atomic E-state index is 0.389. The molecule has 0 unspecified atom stereocenters. The second kappa shape index (κ2) is 5.25. The number of ether oxygens (including phenoxy) is 1. The fourth-order valence-corrected chi connectivity index (χ4v) is 2.43. The van der Waals surface area contributed by atoms with Crippen molar-refractivity contribution in [2.24, 2.45) is 4.99 Å². The van der Waals surface area contributed by atoms with Gasteiger partial charge in [-0.3, -0.25) is 0 Å². The smallest absolute Gasteiger partial charge is 0.207 e. The highest BCUT2D eigenvalue weighted by molar-refractivity contribution is 7.15. The third-order valence-electron chi connectivity index (χ3n) is 2.15. The highest BCUT2D eigenvalue weighted by atomic mass is 35.5. The van der Waals surface area contributed by atoms with Crippen LogP contribution in [0.25, 0.3) is 0 Å². The van der Waals surface area contributed by atoms with Crippen LogP contribution >= 0.6 is 22.9 Å². The number of rotatable bonds is 2. The largest absolute Gasteiger partial charge is 0.372 e. The first kappa shape index (κ1) is 11.3. The van der Waals surface area contributed by atoms with Gasteiger partial charge in [0.1, 0.15) is 12.4 Å². The lowest BCUT2D eigenvalue weighted by atomic mass is 10.3. The number of halogens is 1. The number of amidine groups is 1. The van der Waals surface area contributed by atoms with E-state index >= 15 is 0 Å². The summed E-state index contributed by atoms with van der Waals surface area (Å²) in [5, 5.41) is 8.56. The van der Waals surface area contributed by atoms with Crippen LogP contribution in [0.5, 0.6) is 0 Å². The Labute approximate surface area is 102 Å². The van der Waals surface area contributed by atoms with Gasteiger partial charge in [0.15, 0.2) is 4.47 Å². The third-order valence-corrected chi connectivity index (χ3v) is 3.25. The standard InChI is InChI=1S/C9H9ClN4OS/c10-9-12-3-7(16-9)4-14-1-2-15-5-8(14)13-6-11/h3H,1-2,4-5H2/b13-8-. The topological polar surface area (TPSA) is 61.5 Å². The van der Waals surface area contributed by atoms with Gasteiger partial charge in [0, 0.05) is 17.6 Å². The third kappa shape index (κ3) is 2.70. The first-order chi connectivity index (χ1) is 7.79. The molecule has 84 valence electrons. The van der Waals surface area contributed by atoms with E-state index in [2.05, 4.69) is 9.98 Å². The number of thiazole rings is 1. The van der Waals surface area contributed by atoms with E-state index in [0.29, 0.717) is 30.1 Å². The summed E-state index contributed by atoms with van der Waals surface area (Å²) in [6.45, 7) is 2.45. The molecule has 1 fully saturated rings. The maximum atomic E-state index is 8.56. The van der Waals surface area contributed by atoms with E-state index in [1.165, 1.54) is 11.3 Å². The van der Waals surface area contributed by atoms with E-state index in [1.54, 1.807) is 12.4 Å². The Kier molecular flexibility index (Phi) is 3.72. The van der Waals surface area contributed by atoms with Crippen LogP contribution < -0.4 is 0 Å². The number of morpholine rings is 1. The second-order valence-electron chi connectivity index (χ2n) is 3.18. The Morgan fingerprint density at radius 2 is 2.62 bits per heavy atom. The van der Waals surface area contributed by atoms with Gasteiger partial charge in [-0.2, -0.15) is 10.3 Å². The summed E-state index contributed by atoms with van der Waals surface area (Å²) in [7, 11) is 0. The molecule has 0 bridgehead atoms. The minimum absolute atomic E-state index is 0.389. The minimum Gasteiger partial charge on any atom is -0.372 e. The second-order valence-corrected chi connectivity index (χ2v) is 4.88. The molecule has 0 atom stereocenters. The molecule has 1 aromatic rings. The number of aromatic nitrogens is 1. The SMILES string of the molecule is N#C/N=C1/COCCN1Cc1cnc(Cl)s1. The van der Waals surface area contributed by atoms with Crippen molar-refractivity contribution in [1.29, 1.82) is 5.26 Å². The number of nitriles is 1. The van der Waals surface area contributed by atoms with Crippen LogP contribution in [0.15, 0.2) is 11.2 Å². The normalized spacial score (nSPS) is 18.8. The molecule has 16 heavy (non-hydrogen) atoms. The zero-order valence-electron chi connectivity index (χ0n) is 8.39. The van der Waals surface area contributed by atoms with Crippen molar-refractivity contribution in [3.8, 4) is 6.19 Å². The zero-order chi connectivity index (χ0) is 11.4. The average molecular weight is 257 g/mol. The number of hydrogen-bond acceptors (Lipinski definition) is 5. The molecule has 0 spiro atoms. The molecule has 5 nitrogen and oxygen atoms in total. The molecule has 2 rings (SSSR count). The van der Waals surface area contributed by atoms with Gasteiger partial charge < -0.3 is 9.64 Å². The quantitative estimate of drug-likeness (QED) is 0.753. The van der Waals surface area contributed by atoms with Gasteiger partial charge in [0.05, 0.1) is 13.2 Å². The maximum absolute atomic E-state index is 8.56. The Morgan fingerprint density at radius 3 is 3.31 bits per heavy atom. The van der Waals surface area contributed by atoms with Gasteiger partial charge in [-0.15, -0.1) is 11.3 Å². The van der Waals surface area contributed by atoms with E-state index in [4.69, 9.17) is 21.6 Å². The summed E-state index contributed by atoms with van der Waals surface area (Å²) >= 11 is 7.19. The molecule has 1 saturated heterocycles. The number of aliphatic imine (C=N–C) groups is 1. The lowest BCUT2D eigenvalue weighted by Gasteiger charge is -2.28. The molecular formula is C9H9ClN4OS. The molecule has 0 N–H and O–H groups in total. The van der Waals surface area contributed by atoms with Crippen LogP contribution in [-0.2, 0) is 11.3 Å². The molecule has 1 aliphatic heterocycles. The van der Waals surface area contributed by atoms with E-state index in [9.17, 15) is 0 Å². The van der Waals surface area contributed by atoms with Crippen molar-refractivity contribution < 1.29 is 4.74 Å². The Bertz CT molecular complexity index is 439. The van der Waals surface area contributed by atoms with Gasteiger partial charge in [-0.1, -0.05) is 11.6 Å². The molecule has 0 amide bonds. The van der Waals surface area contributed by atoms with Gasteiger partial charge in [0.2, 0.25) is 6.19 Å². The molecular weight excluding hydrogens is 248 g/mol. The predicted molar refractivity (Wildman–Crippen MR) is 61.4 cm³/mol. The lowest BCUT2D eigenvalue weighted by Crippen LogP contribution is -2.40. The summed E-state index contributed by atoms with van der Waals surface area (Å²) in [6, 6.07) is 0. The zero-order valence-corrected chi connectivity index (χ0v) is 9.96. The van der Waals surface area contributed by atoms with E-state index in [-0.39, 0.29) is 0 Å². The average Bonchev–Trinajstić information content (AvgIpc) is 2.67. The fraction of sp³-hybridized carbons (Fsp3) is 0.444. The summed E-state index contributed by atoms with van der Waals surface area (Å²) < 4.78 is 5.78. The van der Waals surface area contributed by atoms with Crippen LogP contribution in [-0.4, -0.2) is 35.5 Å². The van der Waals surface area contributed by atoms with Crippen molar-refractivity contribution in [3.63, 3.8) is 0 Å². The van der Waals surface area contributed by atoms with Crippen molar-refractivity contribution in [2.75, 3.05) is 19.8 Å². The monoisotopic (exact) mass is 256 g/mol. The molecule has 1 aromatic heterocycles. The van der Waals surface area contributed by atoms with Gasteiger partial charge in [-0.25, -0.2) is 4.98 Å². The van der Waals surface area contributed by atoms with Gasteiger partial charge >= 0.3 is 0 Å². The van der Waals surface area contributed by atoms with Crippen LogP contribution in [0.1, 0.15) is 4.88 Å². The molecule has 1 aliphatic rings. The first-order valence-corrected chi connectivity index (χ1v) is 5.87. The van der Waals surface area contributed by atoms with E-state index in [0.717, 1.165) is 11.4 Å². The predicted octanol–water partition coefficient (Wildman–Crippen LogP) is 1.51. The summed E-state index contributed by atoms with van der Waals surface area (Å²) in [4.78, 5) is 10.8. The lowest BCUT2D eigenvalue weighted by molar-refractivity contribution is 0.114. The molecule has 0 saturated carbocycles. The van der Waals surface area contributed by atoms with Crippen LogP contribution in [0.4, 0.5) is 0 Å². The highest BCUT2D eigenvalue weighted by Crippen LogP contribution is 2.20. The molecule has 0 aromatic carbocycles. The van der Waals surface area contributed by atoms with Crippen LogP contribution in [0, 0.1) is 11.5 Å². The molecule has 0 aliphatic carbocycles. The summed E-state index contributed by atoms with van der Waals surface area (Å²) in [5.74, 6) is 0.665. The molecule has 0 radical (unpaired) electrons. The van der Waals surface area contributed by atoms with Crippen molar-refractivity contribution in [1.82, 2.24) is 9.88 Å². The van der Waals surface area contributed by atoms with Gasteiger partial charge in [-0.05, 0) is 0 Å². The number of nitrogens with zero attached hydrogens (tertiary/aromatic N) is 4. The highest BCUT2D eigenvalue weighted by Gasteiger charge is 2.18. The maximum Gasteiger partial charge on any atom is 0.207 e. The Hall–Kier alpha value is -1.16. The summed E-state index contributed by atoms with van der Waals surface area (Å²) in [5.41, 5.74) is 0. The molecule has 7 heteroatoms.